The fourth-order valence-corrected chi connectivity index (χ4v) is 4.20. The number of hydrogen-bond donors (Lipinski definition) is 1. The molecule has 0 spiro atoms. The van der Waals surface area contributed by atoms with Gasteiger partial charge in [-0.15, -0.1) is 0 Å². The maximum atomic E-state index is 12.7. The molecule has 1 aromatic carbocycles. The van der Waals surface area contributed by atoms with Crippen LogP contribution < -0.4 is 0 Å². The van der Waals surface area contributed by atoms with Crippen molar-refractivity contribution in [1.29, 1.82) is 0 Å². The van der Waals surface area contributed by atoms with Crippen LogP contribution in [0.2, 0.25) is 0 Å². The highest BCUT2D eigenvalue weighted by atomic mass is 79.9. The van der Waals surface area contributed by atoms with E-state index in [0.29, 0.717) is 32.2 Å². The van der Waals surface area contributed by atoms with Gasteiger partial charge >= 0.3 is 5.97 Å². The van der Waals surface area contributed by atoms with Crippen molar-refractivity contribution in [3.63, 3.8) is 0 Å². The number of fused-ring (bicyclic) bond motifs is 1. The Balaban J connectivity index is 1.64. The molecule has 0 atom stereocenters. The molecule has 1 aliphatic heterocycles. The molecule has 5 heteroatoms. The third-order valence-corrected chi connectivity index (χ3v) is 5.69. The first-order valence-corrected chi connectivity index (χ1v) is 8.63. The molecule has 1 fully saturated rings. The largest absolute Gasteiger partial charge is 0.481 e. The van der Waals surface area contributed by atoms with Gasteiger partial charge in [0.05, 0.1) is 5.92 Å². The highest BCUT2D eigenvalue weighted by Gasteiger charge is 2.33. The van der Waals surface area contributed by atoms with E-state index in [2.05, 4.69) is 22.0 Å². The number of nitrogens with zero attached hydrogens (tertiary/aromatic N) is 1. The fourth-order valence-electron chi connectivity index (χ4n) is 3.60. The van der Waals surface area contributed by atoms with Gasteiger partial charge in [0.2, 0.25) is 5.91 Å². The van der Waals surface area contributed by atoms with Gasteiger partial charge in [-0.1, -0.05) is 28.1 Å². The summed E-state index contributed by atoms with van der Waals surface area (Å²) in [5.41, 5.74) is 2.52. The second kappa shape index (κ2) is 6.41. The van der Waals surface area contributed by atoms with Gasteiger partial charge in [-0.2, -0.15) is 0 Å². The molecule has 0 radical (unpaired) electrons. The molecule has 118 valence electrons. The third kappa shape index (κ3) is 3.05. The SMILES string of the molecule is O=C(O)C1CCC(C(=O)N2CCc3c(Br)cccc3C2)CC1. The highest BCUT2D eigenvalue weighted by Crippen LogP contribution is 2.32. The fraction of sp³-hybridized carbons (Fsp3) is 0.529. The van der Waals surface area contributed by atoms with E-state index < -0.39 is 5.97 Å². The van der Waals surface area contributed by atoms with Crippen molar-refractivity contribution in [3.05, 3.63) is 33.8 Å². The number of carbonyl (C=O) groups excluding carboxylic acids is 1. The Labute approximate surface area is 138 Å². The normalized spacial score (nSPS) is 24.7. The molecule has 1 heterocycles. The van der Waals surface area contributed by atoms with Crippen molar-refractivity contribution >= 4 is 27.8 Å². The molecule has 0 saturated heterocycles. The van der Waals surface area contributed by atoms with Crippen molar-refractivity contribution in [2.75, 3.05) is 6.54 Å². The topological polar surface area (TPSA) is 57.6 Å². The molecular formula is C17H20BrNO3. The van der Waals surface area contributed by atoms with Crippen molar-refractivity contribution in [2.24, 2.45) is 11.8 Å². The summed E-state index contributed by atoms with van der Waals surface area (Å²) in [6.07, 6.45) is 3.55. The lowest BCUT2D eigenvalue weighted by molar-refractivity contribution is -0.146. The van der Waals surface area contributed by atoms with Crippen molar-refractivity contribution in [1.82, 2.24) is 4.90 Å². The molecule has 1 aliphatic carbocycles. The van der Waals surface area contributed by atoms with Crippen LogP contribution in [0.25, 0.3) is 0 Å². The smallest absolute Gasteiger partial charge is 0.306 e. The van der Waals surface area contributed by atoms with Crippen LogP contribution in [0, 0.1) is 11.8 Å². The lowest BCUT2D eigenvalue weighted by Gasteiger charge is -2.34. The van der Waals surface area contributed by atoms with E-state index in [1.165, 1.54) is 11.1 Å². The minimum Gasteiger partial charge on any atom is -0.481 e. The van der Waals surface area contributed by atoms with Crippen LogP contribution in [0.4, 0.5) is 0 Å². The van der Waals surface area contributed by atoms with Gasteiger partial charge in [-0.05, 0) is 49.3 Å². The molecule has 0 aromatic heterocycles. The first kappa shape index (κ1) is 15.5. The Morgan fingerprint density at radius 1 is 1.14 bits per heavy atom. The van der Waals surface area contributed by atoms with Gasteiger partial charge in [0.25, 0.3) is 0 Å². The Kier molecular flexibility index (Phi) is 4.52. The second-order valence-corrected chi connectivity index (χ2v) is 7.13. The second-order valence-electron chi connectivity index (χ2n) is 6.27. The van der Waals surface area contributed by atoms with E-state index in [1.54, 1.807) is 0 Å². The minimum absolute atomic E-state index is 0.00398. The first-order chi connectivity index (χ1) is 10.6. The number of hydrogen-bond acceptors (Lipinski definition) is 2. The zero-order valence-electron chi connectivity index (χ0n) is 12.4. The van der Waals surface area contributed by atoms with Gasteiger partial charge in [-0.25, -0.2) is 0 Å². The first-order valence-electron chi connectivity index (χ1n) is 7.84. The van der Waals surface area contributed by atoms with Crippen LogP contribution in [0.15, 0.2) is 22.7 Å². The summed E-state index contributed by atoms with van der Waals surface area (Å²) in [6.45, 7) is 1.43. The van der Waals surface area contributed by atoms with Gasteiger partial charge in [-0.3, -0.25) is 9.59 Å². The van der Waals surface area contributed by atoms with Gasteiger partial charge < -0.3 is 10.0 Å². The summed E-state index contributed by atoms with van der Waals surface area (Å²) in [5.74, 6) is -0.775. The monoisotopic (exact) mass is 365 g/mol. The predicted octanol–water partition coefficient (Wildman–Crippen LogP) is 3.22. The quantitative estimate of drug-likeness (QED) is 0.875. The van der Waals surface area contributed by atoms with E-state index in [4.69, 9.17) is 5.11 Å². The maximum absolute atomic E-state index is 12.7. The zero-order valence-corrected chi connectivity index (χ0v) is 14.0. The summed E-state index contributed by atoms with van der Waals surface area (Å²) in [6, 6.07) is 6.14. The van der Waals surface area contributed by atoms with Crippen LogP contribution in [0.1, 0.15) is 36.8 Å². The minimum atomic E-state index is -0.720. The average molecular weight is 366 g/mol. The Morgan fingerprint density at radius 3 is 2.50 bits per heavy atom. The molecule has 22 heavy (non-hydrogen) atoms. The van der Waals surface area contributed by atoms with Gasteiger partial charge in [0.15, 0.2) is 0 Å². The number of carboxylic acids is 1. The summed E-state index contributed by atoms with van der Waals surface area (Å²) >= 11 is 3.58. The molecule has 0 bridgehead atoms. The van der Waals surface area contributed by atoms with E-state index in [-0.39, 0.29) is 17.7 Å². The summed E-state index contributed by atoms with van der Waals surface area (Å²) in [4.78, 5) is 25.6. The number of rotatable bonds is 2. The van der Waals surface area contributed by atoms with Crippen LogP contribution in [-0.2, 0) is 22.6 Å². The Morgan fingerprint density at radius 2 is 1.82 bits per heavy atom. The molecular weight excluding hydrogens is 346 g/mol. The number of carboxylic acid groups (broad SMARTS) is 1. The zero-order chi connectivity index (χ0) is 15.7. The van der Waals surface area contributed by atoms with Gasteiger partial charge in [0.1, 0.15) is 0 Å². The van der Waals surface area contributed by atoms with E-state index in [9.17, 15) is 9.59 Å². The Bertz CT molecular complexity index is 594. The lowest BCUT2D eigenvalue weighted by atomic mass is 9.81. The number of benzene rings is 1. The van der Waals surface area contributed by atoms with E-state index >= 15 is 0 Å². The lowest BCUT2D eigenvalue weighted by Crippen LogP contribution is -2.41. The molecule has 3 rings (SSSR count). The average Bonchev–Trinajstić information content (AvgIpc) is 2.54. The third-order valence-electron chi connectivity index (χ3n) is 4.95. The maximum Gasteiger partial charge on any atom is 0.306 e. The molecule has 2 aliphatic rings. The predicted molar refractivity (Wildman–Crippen MR) is 86.3 cm³/mol. The molecule has 0 unspecified atom stereocenters. The van der Waals surface area contributed by atoms with Crippen molar-refractivity contribution < 1.29 is 14.7 Å². The van der Waals surface area contributed by atoms with Crippen molar-refractivity contribution in [2.45, 2.75) is 38.6 Å². The standard InChI is InChI=1S/C17H20BrNO3/c18-15-3-1-2-13-10-19(9-8-14(13)15)16(20)11-4-6-12(7-5-11)17(21)22/h1-3,11-12H,4-10H2,(H,21,22). The number of amides is 1. The van der Waals surface area contributed by atoms with Crippen LogP contribution >= 0.6 is 15.9 Å². The molecule has 1 N–H and O–H groups in total. The molecule has 1 saturated carbocycles. The molecule has 1 amide bonds. The van der Waals surface area contributed by atoms with Gasteiger partial charge in [0, 0.05) is 23.5 Å². The summed E-state index contributed by atoms with van der Waals surface area (Å²) in [7, 11) is 0. The van der Waals surface area contributed by atoms with Crippen LogP contribution in [0.5, 0.6) is 0 Å². The number of halogens is 1. The van der Waals surface area contributed by atoms with E-state index in [0.717, 1.165) is 17.4 Å². The van der Waals surface area contributed by atoms with Crippen LogP contribution in [-0.4, -0.2) is 28.4 Å². The molecule has 4 nitrogen and oxygen atoms in total. The summed E-state index contributed by atoms with van der Waals surface area (Å²) in [5, 5.41) is 9.05. The van der Waals surface area contributed by atoms with Crippen molar-refractivity contribution in [3.8, 4) is 0 Å². The summed E-state index contributed by atoms with van der Waals surface area (Å²) < 4.78 is 1.12. The number of aliphatic carboxylic acids is 1. The highest BCUT2D eigenvalue weighted by molar-refractivity contribution is 9.10. The molecule has 1 aromatic rings. The Hall–Kier alpha value is -1.36. The van der Waals surface area contributed by atoms with Crippen LogP contribution in [0.3, 0.4) is 0 Å². The van der Waals surface area contributed by atoms with E-state index in [1.807, 2.05) is 17.0 Å². The number of carbonyl (C=O) groups is 2.